The lowest BCUT2D eigenvalue weighted by molar-refractivity contribution is -0.138. The third-order valence-electron chi connectivity index (χ3n) is 2.30. The van der Waals surface area contributed by atoms with Gasteiger partial charge >= 0.3 is 5.97 Å². The summed E-state index contributed by atoms with van der Waals surface area (Å²) in [5, 5.41) is 8.42. The number of primary amides is 1. The van der Waals surface area contributed by atoms with Crippen LogP contribution in [0.15, 0.2) is 12.5 Å². The van der Waals surface area contributed by atoms with Crippen molar-refractivity contribution in [1.29, 1.82) is 0 Å². The zero-order valence-electron chi connectivity index (χ0n) is 11.3. The van der Waals surface area contributed by atoms with Crippen molar-refractivity contribution in [3.8, 4) is 0 Å². The fraction of sp³-hybridized carbons (Fsp3) is 0.545. The van der Waals surface area contributed by atoms with Crippen molar-refractivity contribution in [3.63, 3.8) is 0 Å². The van der Waals surface area contributed by atoms with Gasteiger partial charge < -0.3 is 27.3 Å². The number of nitrogens with zero attached hydrogens (tertiary/aromatic N) is 1. The van der Waals surface area contributed by atoms with E-state index in [1.165, 1.54) is 6.33 Å². The molecule has 1 aromatic heterocycles. The Morgan fingerprint density at radius 3 is 2.50 bits per heavy atom. The zero-order valence-corrected chi connectivity index (χ0v) is 12.1. The quantitative estimate of drug-likeness (QED) is 0.427. The number of aliphatic carboxylic acids is 1. The Balaban J connectivity index is 0.000000370. The maximum atomic E-state index is 10.3. The van der Waals surface area contributed by atoms with Crippen LogP contribution in [0.1, 0.15) is 12.1 Å². The number of hydrogen-bond donors (Lipinski definition) is 5. The lowest BCUT2D eigenvalue weighted by Gasteiger charge is -2.03. The molecule has 114 valence electrons. The largest absolute Gasteiger partial charge is 0.480 e. The number of carboxylic acid groups (broad SMARTS) is 1. The van der Waals surface area contributed by atoms with E-state index in [9.17, 15) is 9.59 Å². The molecule has 0 bridgehead atoms. The second kappa shape index (κ2) is 10.2. The monoisotopic (exact) mass is 303 g/mol. The van der Waals surface area contributed by atoms with Crippen molar-refractivity contribution in [3.05, 3.63) is 18.2 Å². The highest BCUT2D eigenvalue weighted by Crippen LogP contribution is 1.97. The minimum absolute atomic E-state index is 0.263. The number of rotatable bonds is 7. The normalized spacial score (nSPS) is 12.9. The van der Waals surface area contributed by atoms with Crippen molar-refractivity contribution in [2.45, 2.75) is 24.9 Å². The van der Waals surface area contributed by atoms with E-state index in [2.05, 4.69) is 9.97 Å². The van der Waals surface area contributed by atoms with E-state index in [0.29, 0.717) is 12.1 Å². The van der Waals surface area contributed by atoms with Crippen LogP contribution in [0.25, 0.3) is 0 Å². The number of amides is 1. The summed E-state index contributed by atoms with van der Waals surface area (Å²) in [6.07, 6.45) is 6.02. The smallest absolute Gasteiger partial charge is 0.320 e. The average Bonchev–Trinajstić information content (AvgIpc) is 2.89. The van der Waals surface area contributed by atoms with Crippen molar-refractivity contribution < 1.29 is 14.7 Å². The van der Waals surface area contributed by atoms with Crippen LogP contribution in [0.5, 0.6) is 0 Å². The topological polar surface area (TPSA) is 161 Å². The molecule has 0 spiro atoms. The van der Waals surface area contributed by atoms with Crippen LogP contribution in [-0.2, 0) is 16.0 Å². The van der Waals surface area contributed by atoms with Gasteiger partial charge in [0.1, 0.15) is 6.04 Å². The highest BCUT2D eigenvalue weighted by atomic mass is 32.2. The van der Waals surface area contributed by atoms with Crippen LogP contribution in [0, 0.1) is 0 Å². The number of carboxylic acids is 1. The lowest BCUT2D eigenvalue weighted by atomic mass is 10.2. The highest BCUT2D eigenvalue weighted by molar-refractivity contribution is 7.98. The number of carbonyl (C=O) groups excluding carboxylic acids is 1. The molecule has 0 aliphatic carbocycles. The van der Waals surface area contributed by atoms with Gasteiger partial charge in [-0.15, -0.1) is 0 Å². The van der Waals surface area contributed by atoms with Gasteiger partial charge in [0.05, 0.1) is 18.1 Å². The van der Waals surface area contributed by atoms with Gasteiger partial charge in [0.15, 0.2) is 0 Å². The van der Waals surface area contributed by atoms with Crippen molar-refractivity contribution in [1.82, 2.24) is 9.97 Å². The second-order valence-electron chi connectivity index (χ2n) is 4.00. The van der Waals surface area contributed by atoms with E-state index >= 15 is 0 Å². The molecular weight excluding hydrogens is 282 g/mol. The number of H-pyrrole nitrogens is 1. The summed E-state index contributed by atoms with van der Waals surface area (Å²) in [6.45, 7) is 0. The summed E-state index contributed by atoms with van der Waals surface area (Å²) >= 11 is 1.66. The van der Waals surface area contributed by atoms with E-state index in [4.69, 9.17) is 22.3 Å². The third kappa shape index (κ3) is 8.51. The van der Waals surface area contributed by atoms with Gasteiger partial charge in [-0.1, -0.05) is 0 Å². The summed E-state index contributed by atoms with van der Waals surface area (Å²) in [6, 6.07) is -1.32. The first-order valence-corrected chi connectivity index (χ1v) is 7.27. The maximum Gasteiger partial charge on any atom is 0.320 e. The first-order valence-electron chi connectivity index (χ1n) is 5.88. The molecule has 0 fully saturated rings. The Labute approximate surface area is 121 Å². The summed E-state index contributed by atoms with van der Waals surface area (Å²) in [4.78, 5) is 27.1. The molecule has 8 N–H and O–H groups in total. The third-order valence-corrected chi connectivity index (χ3v) is 2.94. The number of nitrogens with one attached hydrogen (secondary N) is 1. The van der Waals surface area contributed by atoms with Gasteiger partial charge in [-0.05, 0) is 18.4 Å². The molecule has 20 heavy (non-hydrogen) atoms. The fourth-order valence-electron chi connectivity index (χ4n) is 1.10. The number of aromatic nitrogens is 2. The fourth-order valence-corrected chi connectivity index (χ4v) is 1.59. The standard InChI is InChI=1S/C6H9N3O2.C5H12N2OS/c7-5(6(10)11)1-4-2-8-3-9-4;1-9-3-2-4(6)5(7)8/h2-3,5H,1,7H2,(H,8,9)(H,10,11);4H,2-3,6H2,1H3,(H2,7,8). The Bertz CT molecular complexity index is 399. The van der Waals surface area contributed by atoms with Crippen LogP contribution in [0.3, 0.4) is 0 Å². The molecule has 0 radical (unpaired) electrons. The van der Waals surface area contributed by atoms with Gasteiger partial charge in [-0.25, -0.2) is 4.98 Å². The predicted molar refractivity (Wildman–Crippen MR) is 78.1 cm³/mol. The Kier molecular flexibility index (Phi) is 9.43. The Morgan fingerprint density at radius 1 is 1.45 bits per heavy atom. The first-order chi connectivity index (χ1) is 9.38. The molecule has 2 unspecified atom stereocenters. The average molecular weight is 303 g/mol. The number of aromatic amines is 1. The molecule has 0 aliphatic heterocycles. The zero-order chi connectivity index (χ0) is 15.5. The second-order valence-corrected chi connectivity index (χ2v) is 4.99. The van der Waals surface area contributed by atoms with Crippen molar-refractivity contribution in [2.75, 3.05) is 12.0 Å². The van der Waals surface area contributed by atoms with E-state index in [-0.39, 0.29) is 6.42 Å². The molecule has 1 heterocycles. The molecule has 0 saturated heterocycles. The van der Waals surface area contributed by atoms with Gasteiger partial charge in [-0.3, -0.25) is 9.59 Å². The Morgan fingerprint density at radius 2 is 2.10 bits per heavy atom. The van der Waals surface area contributed by atoms with Gasteiger partial charge in [0, 0.05) is 12.6 Å². The number of imidazole rings is 1. The summed E-state index contributed by atoms with van der Waals surface area (Å²) < 4.78 is 0. The van der Waals surface area contributed by atoms with Crippen molar-refractivity contribution in [2.24, 2.45) is 17.2 Å². The molecule has 1 amide bonds. The lowest BCUT2D eigenvalue weighted by Crippen LogP contribution is -2.36. The minimum Gasteiger partial charge on any atom is -0.480 e. The minimum atomic E-state index is -1.01. The molecule has 0 aromatic carbocycles. The van der Waals surface area contributed by atoms with Crippen molar-refractivity contribution >= 4 is 23.6 Å². The number of carbonyl (C=O) groups is 2. The number of nitrogens with two attached hydrogens (primary N) is 3. The molecular formula is C11H21N5O3S. The molecule has 2 atom stereocenters. The number of hydrogen-bond acceptors (Lipinski definition) is 6. The molecule has 9 heteroatoms. The summed E-state index contributed by atoms with van der Waals surface area (Å²) in [5.41, 5.74) is 16.1. The van der Waals surface area contributed by atoms with Gasteiger partial charge in [-0.2, -0.15) is 11.8 Å². The van der Waals surface area contributed by atoms with E-state index < -0.39 is 24.0 Å². The molecule has 1 aromatic rings. The SMILES string of the molecule is CSCCC(N)C(N)=O.NC(Cc1c[nH]cn1)C(=O)O. The maximum absolute atomic E-state index is 10.3. The number of thioether (sulfide) groups is 1. The van der Waals surface area contributed by atoms with Crippen LogP contribution < -0.4 is 17.2 Å². The van der Waals surface area contributed by atoms with E-state index in [0.717, 1.165) is 5.75 Å². The molecule has 0 aliphatic rings. The highest BCUT2D eigenvalue weighted by Gasteiger charge is 2.12. The van der Waals surface area contributed by atoms with E-state index in [1.807, 2.05) is 6.26 Å². The molecule has 8 nitrogen and oxygen atoms in total. The summed E-state index contributed by atoms with van der Waals surface area (Å²) in [5.74, 6) is -0.526. The predicted octanol–water partition coefficient (Wildman–Crippen LogP) is -1.08. The summed E-state index contributed by atoms with van der Waals surface area (Å²) in [7, 11) is 0. The van der Waals surface area contributed by atoms with Crippen LogP contribution in [-0.4, -0.2) is 51.0 Å². The Hall–Kier alpha value is -1.58. The van der Waals surface area contributed by atoms with Crippen LogP contribution >= 0.6 is 11.8 Å². The van der Waals surface area contributed by atoms with Crippen LogP contribution in [0.4, 0.5) is 0 Å². The molecule has 1 rings (SSSR count). The van der Waals surface area contributed by atoms with Gasteiger partial charge in [0.25, 0.3) is 0 Å². The van der Waals surface area contributed by atoms with Crippen LogP contribution in [0.2, 0.25) is 0 Å². The first kappa shape index (κ1) is 18.4. The van der Waals surface area contributed by atoms with Gasteiger partial charge in [0.2, 0.25) is 5.91 Å². The van der Waals surface area contributed by atoms with E-state index in [1.54, 1.807) is 18.0 Å². The molecule has 0 saturated carbocycles.